The highest BCUT2D eigenvalue weighted by atomic mass is 32.1. The van der Waals surface area contributed by atoms with E-state index in [-0.39, 0.29) is 22.2 Å². The van der Waals surface area contributed by atoms with Gasteiger partial charge in [-0.3, -0.25) is 14.3 Å². The molecule has 134 valence electrons. The fourth-order valence-electron chi connectivity index (χ4n) is 2.18. The number of hydrogen-bond donors (Lipinski definition) is 1. The minimum absolute atomic E-state index is 0.181. The highest BCUT2D eigenvalue weighted by Crippen LogP contribution is 2.34. The van der Waals surface area contributed by atoms with Crippen molar-refractivity contribution in [3.8, 4) is 0 Å². The van der Waals surface area contributed by atoms with Gasteiger partial charge >= 0.3 is 5.97 Å². The van der Waals surface area contributed by atoms with E-state index in [9.17, 15) is 14.4 Å². The van der Waals surface area contributed by atoms with E-state index in [2.05, 4.69) is 10.4 Å². The van der Waals surface area contributed by atoms with Crippen molar-refractivity contribution in [2.45, 2.75) is 20.4 Å². The molecule has 9 heteroatoms. The third kappa shape index (κ3) is 3.71. The van der Waals surface area contributed by atoms with Crippen LogP contribution < -0.4 is 5.32 Å². The molecule has 0 saturated heterocycles. The molecule has 2 aromatic heterocycles. The van der Waals surface area contributed by atoms with Crippen LogP contribution in [0.1, 0.15) is 43.0 Å². The van der Waals surface area contributed by atoms with Gasteiger partial charge in [0.15, 0.2) is 5.69 Å². The quantitative estimate of drug-likeness (QED) is 0.819. The molecule has 8 nitrogen and oxygen atoms in total. The number of amides is 2. The van der Waals surface area contributed by atoms with Gasteiger partial charge in [0.1, 0.15) is 5.00 Å². The highest BCUT2D eigenvalue weighted by Gasteiger charge is 2.27. The Morgan fingerprint density at radius 1 is 1.36 bits per heavy atom. The molecule has 0 aliphatic heterocycles. The molecule has 0 aliphatic rings. The predicted molar refractivity (Wildman–Crippen MR) is 94.3 cm³/mol. The van der Waals surface area contributed by atoms with Gasteiger partial charge in [-0.1, -0.05) is 0 Å². The lowest BCUT2D eigenvalue weighted by atomic mass is 10.1. The van der Waals surface area contributed by atoms with Crippen molar-refractivity contribution in [2.24, 2.45) is 0 Å². The number of thiophene rings is 1. The molecule has 0 unspecified atom stereocenters. The van der Waals surface area contributed by atoms with Gasteiger partial charge in [0, 0.05) is 26.8 Å². The van der Waals surface area contributed by atoms with E-state index in [1.807, 2.05) is 6.92 Å². The number of aryl methyl sites for hydroxylation is 1. The van der Waals surface area contributed by atoms with Crippen molar-refractivity contribution in [2.75, 3.05) is 26.5 Å². The number of aromatic nitrogens is 2. The monoisotopic (exact) mass is 364 g/mol. The number of methoxy groups -OCH3 is 1. The van der Waals surface area contributed by atoms with Gasteiger partial charge in [-0.15, -0.1) is 11.3 Å². The van der Waals surface area contributed by atoms with Crippen LogP contribution in [0.2, 0.25) is 0 Å². The molecule has 0 aromatic carbocycles. The summed E-state index contributed by atoms with van der Waals surface area (Å²) in [6.07, 6.45) is 1.69. The third-order valence-electron chi connectivity index (χ3n) is 3.56. The average molecular weight is 364 g/mol. The number of rotatable bonds is 5. The van der Waals surface area contributed by atoms with Gasteiger partial charge in [-0.05, 0) is 25.5 Å². The van der Waals surface area contributed by atoms with E-state index in [4.69, 9.17) is 4.74 Å². The van der Waals surface area contributed by atoms with Gasteiger partial charge in [-0.25, -0.2) is 4.79 Å². The molecule has 2 rings (SSSR count). The highest BCUT2D eigenvalue weighted by molar-refractivity contribution is 7.18. The van der Waals surface area contributed by atoms with Crippen LogP contribution in [-0.2, 0) is 11.3 Å². The number of esters is 1. The van der Waals surface area contributed by atoms with E-state index in [1.165, 1.54) is 12.0 Å². The maximum absolute atomic E-state index is 12.4. The van der Waals surface area contributed by atoms with Gasteiger partial charge in [0.25, 0.3) is 11.8 Å². The maximum Gasteiger partial charge on any atom is 0.341 e. The zero-order chi connectivity index (χ0) is 18.7. The van der Waals surface area contributed by atoms with Gasteiger partial charge in [0.05, 0.1) is 17.6 Å². The fraction of sp³-hybridized carbons (Fsp3) is 0.375. The summed E-state index contributed by atoms with van der Waals surface area (Å²) in [7, 11) is 4.49. The Hall–Kier alpha value is -2.68. The van der Waals surface area contributed by atoms with Crippen molar-refractivity contribution < 1.29 is 19.1 Å². The molecule has 0 atom stereocenters. The lowest BCUT2D eigenvalue weighted by Gasteiger charge is -2.08. The van der Waals surface area contributed by atoms with E-state index < -0.39 is 11.9 Å². The summed E-state index contributed by atoms with van der Waals surface area (Å²) in [4.78, 5) is 38.6. The smallest absolute Gasteiger partial charge is 0.341 e. The molecule has 2 aromatic rings. The number of nitrogens with zero attached hydrogens (tertiary/aromatic N) is 3. The minimum atomic E-state index is -0.610. The molecule has 1 N–H and O–H groups in total. The molecule has 2 heterocycles. The Labute approximate surface area is 149 Å². The summed E-state index contributed by atoms with van der Waals surface area (Å²) >= 11 is 1.04. The maximum atomic E-state index is 12.4. The van der Waals surface area contributed by atoms with Crippen LogP contribution in [0, 0.1) is 6.92 Å². The van der Waals surface area contributed by atoms with E-state index in [0.29, 0.717) is 17.0 Å². The summed E-state index contributed by atoms with van der Waals surface area (Å²) < 4.78 is 6.41. The number of anilines is 1. The number of carbonyl (C=O) groups is 3. The van der Waals surface area contributed by atoms with Gasteiger partial charge in [-0.2, -0.15) is 5.10 Å². The number of hydrogen-bond acceptors (Lipinski definition) is 6. The molecule has 0 radical (unpaired) electrons. The first-order valence-electron chi connectivity index (χ1n) is 7.58. The van der Waals surface area contributed by atoms with Crippen LogP contribution in [0.25, 0.3) is 0 Å². The largest absolute Gasteiger partial charge is 0.465 e. The lowest BCUT2D eigenvalue weighted by Crippen LogP contribution is -2.21. The SMILES string of the molecule is CCn1ccc(C(=O)Nc2sc(C(=O)N(C)C)c(C)c2C(=O)OC)n1. The molecule has 0 bridgehead atoms. The van der Waals surface area contributed by atoms with E-state index in [1.54, 1.807) is 38.0 Å². The Bertz CT molecular complexity index is 822. The van der Waals surface area contributed by atoms with Crippen molar-refractivity contribution in [1.82, 2.24) is 14.7 Å². The first-order valence-corrected chi connectivity index (χ1v) is 8.39. The average Bonchev–Trinajstić information content (AvgIpc) is 3.18. The second kappa shape index (κ2) is 7.47. The summed E-state index contributed by atoms with van der Waals surface area (Å²) in [5, 5.41) is 7.07. The normalized spacial score (nSPS) is 10.4. The van der Waals surface area contributed by atoms with Crippen molar-refractivity contribution in [3.05, 3.63) is 34.0 Å². The second-order valence-electron chi connectivity index (χ2n) is 5.46. The molecule has 2 amide bonds. The zero-order valence-corrected chi connectivity index (χ0v) is 15.6. The predicted octanol–water partition coefficient (Wildman–Crippen LogP) is 2.01. The molecule has 0 fully saturated rings. The Kier molecular flexibility index (Phi) is 5.58. The first-order chi connectivity index (χ1) is 11.8. The van der Waals surface area contributed by atoms with Gasteiger partial charge in [0.2, 0.25) is 0 Å². The van der Waals surface area contributed by atoms with E-state index in [0.717, 1.165) is 11.3 Å². The number of nitrogens with one attached hydrogen (secondary N) is 1. The number of carbonyl (C=O) groups excluding carboxylic acids is 3. The van der Waals surface area contributed by atoms with Crippen molar-refractivity contribution in [3.63, 3.8) is 0 Å². The van der Waals surface area contributed by atoms with Crippen LogP contribution in [0.4, 0.5) is 5.00 Å². The van der Waals surface area contributed by atoms with Crippen molar-refractivity contribution >= 4 is 34.1 Å². The summed E-state index contributed by atoms with van der Waals surface area (Å²) in [5.74, 6) is -1.31. The molecule has 0 spiro atoms. The summed E-state index contributed by atoms with van der Waals surface area (Å²) in [5.41, 5.74) is 0.884. The van der Waals surface area contributed by atoms with Crippen LogP contribution in [0.15, 0.2) is 12.3 Å². The van der Waals surface area contributed by atoms with Gasteiger partial charge < -0.3 is 15.0 Å². The van der Waals surface area contributed by atoms with Crippen LogP contribution in [0.5, 0.6) is 0 Å². The van der Waals surface area contributed by atoms with E-state index >= 15 is 0 Å². The van der Waals surface area contributed by atoms with Crippen LogP contribution >= 0.6 is 11.3 Å². The molecule has 0 saturated carbocycles. The molecule has 25 heavy (non-hydrogen) atoms. The lowest BCUT2D eigenvalue weighted by molar-refractivity contribution is 0.0601. The Morgan fingerprint density at radius 2 is 2.04 bits per heavy atom. The molecular weight excluding hydrogens is 344 g/mol. The topological polar surface area (TPSA) is 93.5 Å². The molecular formula is C16H20N4O4S. The number of ether oxygens (including phenoxy) is 1. The zero-order valence-electron chi connectivity index (χ0n) is 14.7. The standard InChI is InChI=1S/C16H20N4O4S/c1-6-20-8-7-10(18-20)13(21)17-14-11(16(23)24-5)9(2)12(25-14)15(22)19(3)4/h7-8H,6H2,1-5H3,(H,17,21). The van der Waals surface area contributed by atoms with Crippen LogP contribution in [-0.4, -0.2) is 53.7 Å². The minimum Gasteiger partial charge on any atom is -0.465 e. The fourth-order valence-corrected chi connectivity index (χ4v) is 3.39. The second-order valence-corrected chi connectivity index (χ2v) is 6.48. The Morgan fingerprint density at radius 3 is 2.56 bits per heavy atom. The summed E-state index contributed by atoms with van der Waals surface area (Å²) in [6, 6.07) is 1.59. The summed E-state index contributed by atoms with van der Waals surface area (Å²) in [6.45, 7) is 4.20. The first kappa shape index (κ1) is 18.7. The van der Waals surface area contributed by atoms with Crippen LogP contribution in [0.3, 0.4) is 0 Å². The molecule has 0 aliphatic carbocycles. The third-order valence-corrected chi connectivity index (χ3v) is 4.76. The van der Waals surface area contributed by atoms with Crippen molar-refractivity contribution in [1.29, 1.82) is 0 Å². The Balaban J connectivity index is 2.41.